The molecule has 7 nitrogen and oxygen atoms in total. The van der Waals surface area contributed by atoms with Crippen molar-refractivity contribution in [1.82, 2.24) is 10.2 Å². The number of rotatable bonds is 7. The van der Waals surface area contributed by atoms with Gasteiger partial charge in [0.1, 0.15) is 0 Å². The van der Waals surface area contributed by atoms with E-state index in [1.807, 2.05) is 19.1 Å². The summed E-state index contributed by atoms with van der Waals surface area (Å²) in [5, 5.41) is 9.84. The maximum Gasteiger partial charge on any atom is 0.322 e. The third kappa shape index (κ3) is 4.86. The van der Waals surface area contributed by atoms with Crippen LogP contribution in [0.5, 0.6) is 0 Å². The van der Waals surface area contributed by atoms with Crippen LogP contribution >= 0.6 is 11.8 Å². The largest absolute Gasteiger partial charge is 0.403 e. The van der Waals surface area contributed by atoms with Gasteiger partial charge in [0.05, 0.1) is 10.1 Å². The van der Waals surface area contributed by atoms with Crippen LogP contribution in [-0.4, -0.2) is 35.5 Å². The maximum absolute atomic E-state index is 12.4. The molecular formula is C20H21N3O4S2. The minimum absolute atomic E-state index is 0.0302. The van der Waals surface area contributed by atoms with Crippen LogP contribution in [0.25, 0.3) is 11.5 Å². The molecule has 0 fully saturated rings. The van der Waals surface area contributed by atoms with E-state index in [1.54, 1.807) is 49.9 Å². The van der Waals surface area contributed by atoms with Crippen molar-refractivity contribution in [2.24, 2.45) is 0 Å². The molecule has 0 radical (unpaired) electrons. The lowest BCUT2D eigenvalue weighted by Crippen LogP contribution is -2.13. The molecule has 0 bridgehead atoms. The predicted molar refractivity (Wildman–Crippen MR) is 113 cm³/mol. The molecule has 0 spiro atoms. The van der Waals surface area contributed by atoms with E-state index in [0.717, 1.165) is 10.6 Å². The zero-order valence-corrected chi connectivity index (χ0v) is 17.9. The highest BCUT2D eigenvalue weighted by atomic mass is 32.2. The number of hydrogen-bond acceptors (Lipinski definition) is 7. The molecule has 0 saturated carbocycles. The van der Waals surface area contributed by atoms with Gasteiger partial charge in [-0.05, 0) is 62.1 Å². The smallest absolute Gasteiger partial charge is 0.322 e. The molecular weight excluding hydrogens is 410 g/mol. The summed E-state index contributed by atoms with van der Waals surface area (Å²) in [6.07, 6.45) is 0. The average molecular weight is 432 g/mol. The molecule has 9 heteroatoms. The first-order chi connectivity index (χ1) is 13.8. The van der Waals surface area contributed by atoms with Crippen molar-refractivity contribution < 1.29 is 17.6 Å². The minimum Gasteiger partial charge on any atom is -0.403 e. The van der Waals surface area contributed by atoms with Gasteiger partial charge in [0.2, 0.25) is 5.89 Å². The molecule has 0 aliphatic heterocycles. The van der Waals surface area contributed by atoms with E-state index in [4.69, 9.17) is 4.42 Å². The number of carbonyl (C=O) groups excluding carboxylic acids is 1. The van der Waals surface area contributed by atoms with Crippen LogP contribution in [-0.2, 0) is 9.84 Å². The summed E-state index contributed by atoms with van der Waals surface area (Å²) in [6.45, 7) is 5.31. The second-order valence-corrected chi connectivity index (χ2v) is 10.3. The maximum atomic E-state index is 12.4. The quantitative estimate of drug-likeness (QED) is 0.557. The first-order valence-corrected chi connectivity index (χ1v) is 11.6. The number of hydrogen-bond donors (Lipinski definition) is 1. The number of anilines is 1. The average Bonchev–Trinajstić information content (AvgIpc) is 3.17. The Hall–Kier alpha value is -2.65. The second kappa shape index (κ2) is 8.79. The summed E-state index contributed by atoms with van der Waals surface area (Å²) in [4.78, 5) is 13.7. The third-order valence-electron chi connectivity index (χ3n) is 4.10. The van der Waals surface area contributed by atoms with E-state index >= 15 is 0 Å². The summed E-state index contributed by atoms with van der Waals surface area (Å²) in [5.41, 5.74) is 1.05. The molecule has 0 aliphatic rings. The first kappa shape index (κ1) is 21.1. The molecule has 1 amide bonds. The van der Waals surface area contributed by atoms with Crippen LogP contribution in [0.1, 0.15) is 31.1 Å². The van der Waals surface area contributed by atoms with Crippen molar-refractivity contribution in [2.75, 3.05) is 11.1 Å². The number of sulfone groups is 1. The second-order valence-electron chi connectivity index (χ2n) is 6.45. The highest BCUT2D eigenvalue weighted by Crippen LogP contribution is 2.24. The summed E-state index contributed by atoms with van der Waals surface area (Å²) >= 11 is 1.64. The number of amides is 1. The van der Waals surface area contributed by atoms with E-state index in [9.17, 15) is 13.2 Å². The predicted octanol–water partition coefficient (Wildman–Crippen LogP) is 4.28. The fourth-order valence-corrected chi connectivity index (χ4v) is 4.29. The monoisotopic (exact) mass is 431 g/mol. The number of carbonyl (C=O) groups is 1. The van der Waals surface area contributed by atoms with E-state index in [-0.39, 0.29) is 22.7 Å². The van der Waals surface area contributed by atoms with E-state index in [1.165, 1.54) is 12.1 Å². The van der Waals surface area contributed by atoms with Crippen LogP contribution in [0.3, 0.4) is 0 Å². The van der Waals surface area contributed by atoms with Gasteiger partial charge in [-0.3, -0.25) is 10.1 Å². The topological polar surface area (TPSA) is 102 Å². The van der Waals surface area contributed by atoms with Gasteiger partial charge in [0, 0.05) is 16.0 Å². The standard InChI is InChI=1S/C20H21N3O4S2/c1-4-28-16-7-5-6-15(12-16)18(24)21-20-23-22-19(27-20)14-8-10-17(11-9-14)29(25,26)13(2)3/h5-13H,4H2,1-3H3,(H,21,23,24). The lowest BCUT2D eigenvalue weighted by molar-refractivity contribution is 0.102. The third-order valence-corrected chi connectivity index (χ3v) is 7.15. The lowest BCUT2D eigenvalue weighted by atomic mass is 10.2. The van der Waals surface area contributed by atoms with Crippen LogP contribution in [0, 0.1) is 0 Å². The highest BCUT2D eigenvalue weighted by Gasteiger charge is 2.19. The molecule has 1 aromatic heterocycles. The molecule has 1 N–H and O–H groups in total. The molecule has 2 aromatic carbocycles. The van der Waals surface area contributed by atoms with Gasteiger partial charge in [0.25, 0.3) is 5.91 Å². The SMILES string of the molecule is CCSc1cccc(C(=O)Nc2nnc(-c3ccc(S(=O)(=O)C(C)C)cc3)o2)c1. The summed E-state index contributed by atoms with van der Waals surface area (Å²) < 4.78 is 29.9. The van der Waals surface area contributed by atoms with Crippen molar-refractivity contribution in [3.63, 3.8) is 0 Å². The fraction of sp³-hybridized carbons (Fsp3) is 0.250. The van der Waals surface area contributed by atoms with Gasteiger partial charge >= 0.3 is 6.01 Å². The molecule has 0 unspecified atom stereocenters. The number of nitrogens with zero attached hydrogens (tertiary/aromatic N) is 2. The molecule has 152 valence electrons. The Morgan fingerprint density at radius 1 is 1.14 bits per heavy atom. The Bertz CT molecular complexity index is 1110. The molecule has 0 saturated heterocycles. The van der Waals surface area contributed by atoms with Crippen LogP contribution < -0.4 is 5.32 Å². The van der Waals surface area contributed by atoms with Crippen LogP contribution in [0.2, 0.25) is 0 Å². The normalized spacial score (nSPS) is 11.6. The summed E-state index contributed by atoms with van der Waals surface area (Å²) in [5.74, 6) is 0.747. The van der Waals surface area contributed by atoms with Crippen molar-refractivity contribution in [1.29, 1.82) is 0 Å². The van der Waals surface area contributed by atoms with Gasteiger partial charge in [-0.15, -0.1) is 16.9 Å². The Morgan fingerprint density at radius 2 is 1.86 bits per heavy atom. The Morgan fingerprint density at radius 3 is 2.52 bits per heavy atom. The Balaban J connectivity index is 1.74. The molecule has 29 heavy (non-hydrogen) atoms. The van der Waals surface area contributed by atoms with E-state index in [2.05, 4.69) is 15.5 Å². The summed E-state index contributed by atoms with van der Waals surface area (Å²) in [7, 11) is -3.35. The molecule has 3 aromatic rings. The minimum atomic E-state index is -3.35. The van der Waals surface area contributed by atoms with Crippen molar-refractivity contribution in [3.8, 4) is 11.5 Å². The lowest BCUT2D eigenvalue weighted by Gasteiger charge is -2.07. The number of nitrogens with one attached hydrogen (secondary N) is 1. The van der Waals surface area contributed by atoms with Crippen molar-refractivity contribution >= 4 is 33.5 Å². The fourth-order valence-electron chi connectivity index (χ4n) is 2.51. The van der Waals surface area contributed by atoms with Crippen molar-refractivity contribution in [3.05, 3.63) is 54.1 Å². The Labute approximate surface area is 173 Å². The Kier molecular flexibility index (Phi) is 6.39. The highest BCUT2D eigenvalue weighted by molar-refractivity contribution is 7.99. The number of thioether (sulfide) groups is 1. The zero-order chi connectivity index (χ0) is 21.0. The van der Waals surface area contributed by atoms with Gasteiger partial charge in [-0.25, -0.2) is 8.42 Å². The van der Waals surface area contributed by atoms with Gasteiger partial charge < -0.3 is 4.42 Å². The number of aromatic nitrogens is 2. The van der Waals surface area contributed by atoms with Crippen LogP contribution in [0.4, 0.5) is 6.01 Å². The van der Waals surface area contributed by atoms with Crippen molar-refractivity contribution in [2.45, 2.75) is 35.8 Å². The van der Waals surface area contributed by atoms with E-state index in [0.29, 0.717) is 11.1 Å². The van der Waals surface area contributed by atoms with E-state index < -0.39 is 15.1 Å². The molecule has 1 heterocycles. The first-order valence-electron chi connectivity index (χ1n) is 9.03. The zero-order valence-electron chi connectivity index (χ0n) is 16.2. The summed E-state index contributed by atoms with van der Waals surface area (Å²) in [6, 6.07) is 13.4. The van der Waals surface area contributed by atoms with Gasteiger partial charge in [-0.1, -0.05) is 18.1 Å². The van der Waals surface area contributed by atoms with Gasteiger partial charge in [-0.2, -0.15) is 0 Å². The number of benzene rings is 2. The molecule has 3 rings (SSSR count). The van der Waals surface area contributed by atoms with Crippen LogP contribution in [0.15, 0.2) is 62.7 Å². The molecule has 0 atom stereocenters. The molecule has 0 aliphatic carbocycles. The van der Waals surface area contributed by atoms with Gasteiger partial charge in [0.15, 0.2) is 9.84 Å².